The van der Waals surface area contributed by atoms with Crippen molar-refractivity contribution in [3.05, 3.63) is 53.8 Å². The molecule has 0 aliphatic rings. The van der Waals surface area contributed by atoms with E-state index in [1.807, 2.05) is 0 Å². The molecule has 2 N–H and O–H groups in total. The molecule has 19 heavy (non-hydrogen) atoms. The first kappa shape index (κ1) is 13.7. The maximum Gasteiger partial charge on any atom is 0.416 e. The van der Waals surface area contributed by atoms with Gasteiger partial charge in [-0.3, -0.25) is 0 Å². The molecule has 0 spiro atoms. The standard InChI is InChI=1S/C13H9F4NS/c14-9-5-8(13(15,16)17)6-10(7-9)19-12-4-2-1-3-11(12)18/h1-7H,18H2. The van der Waals surface area contributed by atoms with Crippen LogP contribution in [-0.2, 0) is 6.18 Å². The van der Waals surface area contributed by atoms with Gasteiger partial charge in [0.1, 0.15) is 5.82 Å². The Labute approximate surface area is 111 Å². The second kappa shape index (κ2) is 5.13. The second-order valence-electron chi connectivity index (χ2n) is 3.81. The molecule has 0 atom stereocenters. The summed E-state index contributed by atoms with van der Waals surface area (Å²) < 4.78 is 50.9. The van der Waals surface area contributed by atoms with Crippen molar-refractivity contribution >= 4 is 17.4 Å². The predicted octanol–water partition coefficient (Wildman–Crippen LogP) is 4.58. The molecule has 0 aliphatic carbocycles. The Morgan fingerprint density at radius 1 is 1.00 bits per heavy atom. The Morgan fingerprint density at radius 2 is 1.68 bits per heavy atom. The fraction of sp³-hybridized carbons (Fsp3) is 0.0769. The highest BCUT2D eigenvalue weighted by atomic mass is 32.2. The summed E-state index contributed by atoms with van der Waals surface area (Å²) in [7, 11) is 0. The van der Waals surface area contributed by atoms with Crippen LogP contribution in [0, 0.1) is 5.82 Å². The average molecular weight is 287 g/mol. The number of halogens is 4. The molecule has 0 aliphatic heterocycles. The molecule has 0 unspecified atom stereocenters. The van der Waals surface area contributed by atoms with Crippen molar-refractivity contribution in [1.29, 1.82) is 0 Å². The average Bonchev–Trinajstić information content (AvgIpc) is 2.30. The molecule has 0 saturated carbocycles. The van der Waals surface area contributed by atoms with Crippen LogP contribution in [0.15, 0.2) is 52.3 Å². The largest absolute Gasteiger partial charge is 0.416 e. The van der Waals surface area contributed by atoms with E-state index in [0.29, 0.717) is 16.6 Å². The number of para-hydroxylation sites is 1. The number of hydrogen-bond acceptors (Lipinski definition) is 2. The highest BCUT2D eigenvalue weighted by Crippen LogP contribution is 2.36. The second-order valence-corrected chi connectivity index (χ2v) is 4.93. The molecule has 0 radical (unpaired) electrons. The summed E-state index contributed by atoms with van der Waals surface area (Å²) in [5.41, 5.74) is 5.12. The molecule has 0 aromatic heterocycles. The Bertz CT molecular complexity index is 595. The van der Waals surface area contributed by atoms with Gasteiger partial charge in [-0.15, -0.1) is 0 Å². The molecule has 6 heteroatoms. The van der Waals surface area contributed by atoms with Crippen molar-refractivity contribution in [3.8, 4) is 0 Å². The van der Waals surface area contributed by atoms with E-state index in [1.54, 1.807) is 24.3 Å². The molecular weight excluding hydrogens is 278 g/mol. The SMILES string of the molecule is Nc1ccccc1Sc1cc(F)cc(C(F)(F)F)c1. The van der Waals surface area contributed by atoms with E-state index in [9.17, 15) is 17.6 Å². The lowest BCUT2D eigenvalue weighted by Gasteiger charge is -2.10. The summed E-state index contributed by atoms with van der Waals surface area (Å²) in [6.07, 6.45) is -4.57. The monoisotopic (exact) mass is 287 g/mol. The van der Waals surface area contributed by atoms with Crippen LogP contribution in [0.1, 0.15) is 5.56 Å². The minimum atomic E-state index is -4.57. The molecule has 1 nitrogen and oxygen atoms in total. The zero-order chi connectivity index (χ0) is 14.0. The first-order valence-corrected chi connectivity index (χ1v) is 6.08. The van der Waals surface area contributed by atoms with E-state index in [1.165, 1.54) is 0 Å². The van der Waals surface area contributed by atoms with E-state index in [0.717, 1.165) is 23.9 Å². The normalized spacial score (nSPS) is 11.6. The van der Waals surface area contributed by atoms with E-state index in [4.69, 9.17) is 5.73 Å². The third-order valence-electron chi connectivity index (χ3n) is 2.35. The number of rotatable bonds is 2. The van der Waals surface area contributed by atoms with Gasteiger partial charge in [-0.2, -0.15) is 13.2 Å². The zero-order valence-corrected chi connectivity index (χ0v) is 10.4. The summed E-state index contributed by atoms with van der Waals surface area (Å²) in [5, 5.41) is 0. The Kier molecular flexibility index (Phi) is 3.71. The summed E-state index contributed by atoms with van der Waals surface area (Å²) in [6.45, 7) is 0. The first-order chi connectivity index (χ1) is 8.86. The van der Waals surface area contributed by atoms with Gasteiger partial charge in [-0.1, -0.05) is 23.9 Å². The minimum absolute atomic E-state index is 0.158. The number of hydrogen-bond donors (Lipinski definition) is 1. The van der Waals surface area contributed by atoms with Crippen molar-refractivity contribution in [2.45, 2.75) is 16.0 Å². The van der Waals surface area contributed by atoms with Gasteiger partial charge in [0.25, 0.3) is 0 Å². The van der Waals surface area contributed by atoms with Crippen LogP contribution in [0.2, 0.25) is 0 Å². The van der Waals surface area contributed by atoms with Crippen molar-refractivity contribution in [3.63, 3.8) is 0 Å². The van der Waals surface area contributed by atoms with Gasteiger partial charge in [0.2, 0.25) is 0 Å². The van der Waals surface area contributed by atoms with Crippen LogP contribution in [0.4, 0.5) is 23.2 Å². The minimum Gasteiger partial charge on any atom is -0.398 e. The maximum atomic E-state index is 13.2. The number of anilines is 1. The van der Waals surface area contributed by atoms with Crippen molar-refractivity contribution in [2.24, 2.45) is 0 Å². The Hall–Kier alpha value is -1.69. The van der Waals surface area contributed by atoms with Crippen LogP contribution in [0.25, 0.3) is 0 Å². The van der Waals surface area contributed by atoms with E-state index in [2.05, 4.69) is 0 Å². The number of nitrogen functional groups attached to an aromatic ring is 1. The summed E-state index contributed by atoms with van der Waals surface area (Å²) in [4.78, 5) is 0.742. The highest BCUT2D eigenvalue weighted by Gasteiger charge is 2.31. The lowest BCUT2D eigenvalue weighted by Crippen LogP contribution is -2.05. The third kappa shape index (κ3) is 3.41. The first-order valence-electron chi connectivity index (χ1n) is 5.26. The number of benzene rings is 2. The molecule has 0 fully saturated rings. The lowest BCUT2D eigenvalue weighted by molar-refractivity contribution is -0.137. The Morgan fingerprint density at radius 3 is 2.32 bits per heavy atom. The van der Waals surface area contributed by atoms with Gasteiger partial charge in [0, 0.05) is 15.5 Å². The molecule has 2 aromatic rings. The summed E-state index contributed by atoms with van der Waals surface area (Å²) in [6, 6.07) is 9.14. The van der Waals surface area contributed by atoms with Gasteiger partial charge in [0.05, 0.1) is 5.56 Å². The molecular formula is C13H9F4NS. The molecule has 0 amide bonds. The Balaban J connectivity index is 2.36. The third-order valence-corrected chi connectivity index (χ3v) is 3.41. The van der Waals surface area contributed by atoms with E-state index < -0.39 is 17.6 Å². The zero-order valence-electron chi connectivity index (χ0n) is 9.54. The van der Waals surface area contributed by atoms with Crippen LogP contribution < -0.4 is 5.73 Å². The molecule has 2 aromatic carbocycles. The van der Waals surface area contributed by atoms with Crippen LogP contribution >= 0.6 is 11.8 Å². The van der Waals surface area contributed by atoms with Crippen LogP contribution in [-0.4, -0.2) is 0 Å². The van der Waals surface area contributed by atoms with E-state index >= 15 is 0 Å². The fourth-order valence-electron chi connectivity index (χ4n) is 1.49. The van der Waals surface area contributed by atoms with Crippen LogP contribution in [0.3, 0.4) is 0 Å². The molecule has 0 heterocycles. The van der Waals surface area contributed by atoms with Gasteiger partial charge < -0.3 is 5.73 Å². The number of nitrogens with two attached hydrogens (primary N) is 1. The van der Waals surface area contributed by atoms with Gasteiger partial charge >= 0.3 is 6.18 Å². The molecule has 0 bridgehead atoms. The quantitative estimate of drug-likeness (QED) is 0.646. The summed E-state index contributed by atoms with van der Waals surface area (Å²) in [5.74, 6) is -0.924. The summed E-state index contributed by atoms with van der Waals surface area (Å²) >= 11 is 0.994. The highest BCUT2D eigenvalue weighted by molar-refractivity contribution is 7.99. The fourth-order valence-corrected chi connectivity index (χ4v) is 2.43. The molecule has 100 valence electrons. The molecule has 0 saturated heterocycles. The van der Waals surface area contributed by atoms with Crippen molar-refractivity contribution < 1.29 is 17.6 Å². The smallest absolute Gasteiger partial charge is 0.398 e. The van der Waals surface area contributed by atoms with Gasteiger partial charge in [-0.25, -0.2) is 4.39 Å². The van der Waals surface area contributed by atoms with Gasteiger partial charge in [-0.05, 0) is 30.3 Å². The predicted molar refractivity (Wildman–Crippen MR) is 66.4 cm³/mol. The van der Waals surface area contributed by atoms with Crippen molar-refractivity contribution in [1.82, 2.24) is 0 Å². The lowest BCUT2D eigenvalue weighted by atomic mass is 10.2. The van der Waals surface area contributed by atoms with Crippen molar-refractivity contribution in [2.75, 3.05) is 5.73 Å². The van der Waals surface area contributed by atoms with Crippen LogP contribution in [0.5, 0.6) is 0 Å². The number of alkyl halides is 3. The topological polar surface area (TPSA) is 26.0 Å². The van der Waals surface area contributed by atoms with Gasteiger partial charge in [0.15, 0.2) is 0 Å². The van der Waals surface area contributed by atoms with E-state index in [-0.39, 0.29) is 4.90 Å². The maximum absolute atomic E-state index is 13.2. The molecule has 2 rings (SSSR count).